The molecule has 23 heavy (non-hydrogen) atoms. The van der Waals surface area contributed by atoms with E-state index in [1.165, 1.54) is 17.2 Å². The van der Waals surface area contributed by atoms with E-state index in [9.17, 15) is 4.79 Å². The number of aromatic nitrogens is 4. The van der Waals surface area contributed by atoms with Crippen molar-refractivity contribution >= 4 is 28.6 Å². The van der Waals surface area contributed by atoms with Crippen LogP contribution in [0.15, 0.2) is 70.3 Å². The van der Waals surface area contributed by atoms with E-state index in [0.717, 1.165) is 10.6 Å². The van der Waals surface area contributed by atoms with Crippen LogP contribution in [0.4, 0.5) is 0 Å². The summed E-state index contributed by atoms with van der Waals surface area (Å²) in [6.45, 7) is 0. The molecule has 0 aliphatic heterocycles. The summed E-state index contributed by atoms with van der Waals surface area (Å²) in [5.74, 6) is 0. The Morgan fingerprint density at radius 3 is 2.78 bits per heavy atom. The maximum absolute atomic E-state index is 12.5. The van der Waals surface area contributed by atoms with Crippen molar-refractivity contribution in [2.75, 3.05) is 0 Å². The van der Waals surface area contributed by atoms with Crippen molar-refractivity contribution in [3.63, 3.8) is 0 Å². The lowest BCUT2D eigenvalue weighted by Gasteiger charge is -2.02. The number of benzene rings is 1. The van der Waals surface area contributed by atoms with Gasteiger partial charge in [0.15, 0.2) is 5.65 Å². The van der Waals surface area contributed by atoms with Crippen molar-refractivity contribution in [3.05, 3.63) is 75.6 Å². The summed E-state index contributed by atoms with van der Waals surface area (Å²) in [5.41, 5.74) is 1.13. The first-order valence-corrected chi connectivity index (χ1v) is 7.79. The molecule has 6 nitrogen and oxygen atoms in total. The van der Waals surface area contributed by atoms with Gasteiger partial charge in [-0.25, -0.2) is 9.67 Å². The molecule has 0 aliphatic carbocycles. The Bertz CT molecular complexity index is 1030. The average molecular weight is 321 g/mol. The van der Waals surface area contributed by atoms with Gasteiger partial charge in [-0.3, -0.25) is 4.79 Å². The van der Waals surface area contributed by atoms with Gasteiger partial charge in [0, 0.05) is 4.88 Å². The van der Waals surface area contributed by atoms with E-state index in [2.05, 4.69) is 15.2 Å². The van der Waals surface area contributed by atoms with Crippen molar-refractivity contribution in [2.45, 2.75) is 0 Å². The van der Waals surface area contributed by atoms with E-state index in [0.29, 0.717) is 11.0 Å². The lowest BCUT2D eigenvalue weighted by Crippen LogP contribution is -2.17. The number of rotatable bonds is 3. The zero-order valence-electron chi connectivity index (χ0n) is 11.9. The summed E-state index contributed by atoms with van der Waals surface area (Å²) in [4.78, 5) is 17.8. The van der Waals surface area contributed by atoms with Gasteiger partial charge in [0.25, 0.3) is 5.56 Å². The van der Waals surface area contributed by atoms with Crippen LogP contribution in [0.1, 0.15) is 4.88 Å². The first-order chi connectivity index (χ1) is 11.3. The molecular formula is C16H11N5OS. The smallest absolute Gasteiger partial charge is 0.266 e. The molecule has 7 heteroatoms. The zero-order valence-corrected chi connectivity index (χ0v) is 12.7. The monoisotopic (exact) mass is 321 g/mol. The van der Waals surface area contributed by atoms with E-state index in [1.54, 1.807) is 22.2 Å². The van der Waals surface area contributed by atoms with E-state index in [4.69, 9.17) is 0 Å². The fraction of sp³-hybridized carbons (Fsp3) is 0. The van der Waals surface area contributed by atoms with Crippen molar-refractivity contribution in [2.24, 2.45) is 5.10 Å². The molecule has 0 saturated heterocycles. The first kappa shape index (κ1) is 13.6. The normalized spacial score (nSPS) is 11.5. The van der Waals surface area contributed by atoms with Crippen LogP contribution in [0.25, 0.3) is 16.7 Å². The van der Waals surface area contributed by atoms with Gasteiger partial charge >= 0.3 is 0 Å². The van der Waals surface area contributed by atoms with Crippen LogP contribution in [0, 0.1) is 0 Å². The lowest BCUT2D eigenvalue weighted by atomic mass is 10.3. The summed E-state index contributed by atoms with van der Waals surface area (Å²) in [6, 6.07) is 13.4. The topological polar surface area (TPSA) is 65.1 Å². The van der Waals surface area contributed by atoms with Crippen molar-refractivity contribution in [1.29, 1.82) is 0 Å². The van der Waals surface area contributed by atoms with Crippen LogP contribution in [-0.4, -0.2) is 25.7 Å². The molecular weight excluding hydrogens is 310 g/mol. The van der Waals surface area contributed by atoms with E-state index < -0.39 is 0 Å². The number of fused-ring (bicyclic) bond motifs is 1. The Labute approximate surface area is 135 Å². The molecule has 0 saturated carbocycles. The van der Waals surface area contributed by atoms with E-state index in [-0.39, 0.29) is 5.56 Å². The minimum absolute atomic E-state index is 0.245. The summed E-state index contributed by atoms with van der Waals surface area (Å²) in [7, 11) is 0. The summed E-state index contributed by atoms with van der Waals surface area (Å²) in [5, 5.41) is 10.8. The van der Waals surface area contributed by atoms with Gasteiger partial charge in [0.1, 0.15) is 11.7 Å². The molecule has 3 aromatic heterocycles. The van der Waals surface area contributed by atoms with Gasteiger partial charge in [-0.05, 0) is 23.6 Å². The van der Waals surface area contributed by atoms with Crippen molar-refractivity contribution < 1.29 is 0 Å². The van der Waals surface area contributed by atoms with Crippen LogP contribution in [0.2, 0.25) is 0 Å². The highest BCUT2D eigenvalue weighted by molar-refractivity contribution is 7.11. The van der Waals surface area contributed by atoms with E-state index >= 15 is 0 Å². The van der Waals surface area contributed by atoms with Gasteiger partial charge in [-0.1, -0.05) is 24.3 Å². The molecule has 4 rings (SSSR count). The fourth-order valence-corrected chi connectivity index (χ4v) is 2.81. The van der Waals surface area contributed by atoms with Gasteiger partial charge < -0.3 is 0 Å². The third-order valence-corrected chi connectivity index (χ3v) is 4.13. The lowest BCUT2D eigenvalue weighted by molar-refractivity contribution is 0.810. The van der Waals surface area contributed by atoms with Crippen LogP contribution < -0.4 is 5.56 Å². The second kappa shape index (κ2) is 5.62. The third kappa shape index (κ3) is 2.47. The molecule has 0 aliphatic rings. The van der Waals surface area contributed by atoms with Gasteiger partial charge in [0.05, 0.1) is 18.1 Å². The minimum Gasteiger partial charge on any atom is -0.266 e. The quantitative estimate of drug-likeness (QED) is 0.545. The molecule has 4 aromatic rings. The second-order valence-electron chi connectivity index (χ2n) is 4.78. The SMILES string of the molecule is O=c1c2cnn(-c3ccccc3)c2ncn1/N=C\c1cccs1. The summed E-state index contributed by atoms with van der Waals surface area (Å²) < 4.78 is 2.86. The first-order valence-electron chi connectivity index (χ1n) is 6.91. The van der Waals surface area contributed by atoms with E-state index in [1.807, 2.05) is 47.8 Å². The molecule has 1 aromatic carbocycles. The van der Waals surface area contributed by atoms with Gasteiger partial charge in [-0.2, -0.15) is 14.9 Å². The van der Waals surface area contributed by atoms with Crippen molar-refractivity contribution in [1.82, 2.24) is 19.4 Å². The Balaban J connectivity index is 1.80. The highest BCUT2D eigenvalue weighted by Gasteiger charge is 2.10. The number of hydrogen-bond acceptors (Lipinski definition) is 5. The molecule has 112 valence electrons. The van der Waals surface area contributed by atoms with Gasteiger partial charge in [0.2, 0.25) is 0 Å². The summed E-state index contributed by atoms with van der Waals surface area (Å²) in [6.07, 6.45) is 4.58. The largest absolute Gasteiger partial charge is 0.285 e. The van der Waals surface area contributed by atoms with Crippen LogP contribution in [0.5, 0.6) is 0 Å². The summed E-state index contributed by atoms with van der Waals surface area (Å²) >= 11 is 1.55. The molecule has 0 amide bonds. The highest BCUT2D eigenvalue weighted by Crippen LogP contribution is 2.13. The number of para-hydroxylation sites is 1. The maximum atomic E-state index is 12.5. The minimum atomic E-state index is -0.245. The molecule has 0 bridgehead atoms. The predicted molar refractivity (Wildman–Crippen MR) is 90.4 cm³/mol. The number of nitrogens with zero attached hydrogens (tertiary/aromatic N) is 5. The predicted octanol–water partition coefficient (Wildman–Crippen LogP) is 2.53. The zero-order chi connectivity index (χ0) is 15.6. The van der Waals surface area contributed by atoms with Crippen molar-refractivity contribution in [3.8, 4) is 5.69 Å². The standard InChI is InChI=1S/C16H11N5OS/c22-16-14-10-19-21(12-5-2-1-3-6-12)15(14)17-11-20(16)18-9-13-7-4-8-23-13/h1-11H/b18-9-. The maximum Gasteiger partial charge on any atom is 0.285 e. The molecule has 0 radical (unpaired) electrons. The highest BCUT2D eigenvalue weighted by atomic mass is 32.1. The van der Waals surface area contributed by atoms with Crippen LogP contribution in [0.3, 0.4) is 0 Å². The molecule has 0 spiro atoms. The Morgan fingerprint density at radius 2 is 2.00 bits per heavy atom. The molecule has 3 heterocycles. The van der Waals surface area contributed by atoms with Crippen LogP contribution in [-0.2, 0) is 0 Å². The molecule has 0 fully saturated rings. The average Bonchev–Trinajstić information content (AvgIpc) is 3.25. The van der Waals surface area contributed by atoms with Crippen LogP contribution >= 0.6 is 11.3 Å². The molecule has 0 unspecified atom stereocenters. The second-order valence-corrected chi connectivity index (χ2v) is 5.76. The molecule has 0 atom stereocenters. The van der Waals surface area contributed by atoms with Gasteiger partial charge in [-0.15, -0.1) is 11.3 Å². The number of hydrogen-bond donors (Lipinski definition) is 0. The Morgan fingerprint density at radius 1 is 1.13 bits per heavy atom. The molecule has 0 N–H and O–H groups in total. The fourth-order valence-electron chi connectivity index (χ4n) is 2.23. The Hall–Kier alpha value is -3.06. The third-order valence-electron chi connectivity index (χ3n) is 3.33. The number of thiophene rings is 1. The Kier molecular flexibility index (Phi) is 3.32.